The SMILES string of the molecule is COC(=O)C1COCCN1S(=O)(=O)c1cc(N)ccc1Br. The summed E-state index contributed by atoms with van der Waals surface area (Å²) in [5, 5.41) is 0. The predicted molar refractivity (Wildman–Crippen MR) is 79.1 cm³/mol. The summed E-state index contributed by atoms with van der Waals surface area (Å²) in [6.07, 6.45) is 0. The zero-order valence-corrected chi connectivity index (χ0v) is 13.7. The third-order valence-corrected chi connectivity index (χ3v) is 6.00. The highest BCUT2D eigenvalue weighted by molar-refractivity contribution is 9.10. The average molecular weight is 379 g/mol. The normalized spacial score (nSPS) is 20.2. The maximum Gasteiger partial charge on any atom is 0.326 e. The number of halogens is 1. The van der Waals surface area contributed by atoms with Gasteiger partial charge in [-0.05, 0) is 34.1 Å². The smallest absolute Gasteiger partial charge is 0.326 e. The van der Waals surface area contributed by atoms with Gasteiger partial charge in [0, 0.05) is 16.7 Å². The van der Waals surface area contributed by atoms with Gasteiger partial charge in [0.1, 0.15) is 6.04 Å². The standard InChI is InChI=1S/C12H15BrN2O5S/c1-19-12(16)10-7-20-5-4-15(10)21(17,18)11-6-8(14)2-3-9(11)13/h2-3,6,10H,4-5,7,14H2,1H3. The Kier molecular flexibility index (Phi) is 4.87. The van der Waals surface area contributed by atoms with Crippen molar-refractivity contribution in [3.05, 3.63) is 22.7 Å². The van der Waals surface area contributed by atoms with Crippen LogP contribution in [0.15, 0.2) is 27.6 Å². The molecule has 21 heavy (non-hydrogen) atoms. The molecule has 0 saturated carbocycles. The van der Waals surface area contributed by atoms with Crippen molar-refractivity contribution in [2.24, 2.45) is 0 Å². The first-order valence-electron chi connectivity index (χ1n) is 6.10. The van der Waals surface area contributed by atoms with E-state index in [1.807, 2.05) is 0 Å². The van der Waals surface area contributed by atoms with Crippen LogP contribution in [0.4, 0.5) is 5.69 Å². The molecule has 1 aliphatic rings. The fourth-order valence-electron chi connectivity index (χ4n) is 2.04. The molecule has 7 nitrogen and oxygen atoms in total. The van der Waals surface area contributed by atoms with Crippen molar-refractivity contribution in [2.45, 2.75) is 10.9 Å². The van der Waals surface area contributed by atoms with Crippen LogP contribution in [0.5, 0.6) is 0 Å². The van der Waals surface area contributed by atoms with Gasteiger partial charge in [0.2, 0.25) is 10.0 Å². The summed E-state index contributed by atoms with van der Waals surface area (Å²) in [6, 6.07) is 3.49. The second kappa shape index (κ2) is 6.30. The lowest BCUT2D eigenvalue weighted by molar-refractivity contribution is -0.149. The van der Waals surface area contributed by atoms with E-state index in [0.717, 1.165) is 4.31 Å². The Hall–Kier alpha value is -1.16. The molecule has 1 aromatic carbocycles. The molecule has 0 radical (unpaired) electrons. The van der Waals surface area contributed by atoms with Crippen molar-refractivity contribution in [2.75, 3.05) is 32.6 Å². The minimum absolute atomic E-state index is 0.0123. The lowest BCUT2D eigenvalue weighted by atomic mass is 10.3. The second-order valence-electron chi connectivity index (χ2n) is 4.42. The van der Waals surface area contributed by atoms with E-state index in [-0.39, 0.29) is 24.7 Å². The number of morpholine rings is 1. The quantitative estimate of drug-likeness (QED) is 0.610. The van der Waals surface area contributed by atoms with Crippen LogP contribution in [0.2, 0.25) is 0 Å². The highest BCUT2D eigenvalue weighted by atomic mass is 79.9. The van der Waals surface area contributed by atoms with Crippen molar-refractivity contribution < 1.29 is 22.7 Å². The van der Waals surface area contributed by atoms with Gasteiger partial charge in [0.15, 0.2) is 0 Å². The molecule has 1 aromatic rings. The number of sulfonamides is 1. The summed E-state index contributed by atoms with van der Waals surface area (Å²) in [7, 11) is -2.69. The van der Waals surface area contributed by atoms with E-state index in [2.05, 4.69) is 20.7 Å². The fraction of sp³-hybridized carbons (Fsp3) is 0.417. The molecule has 2 N–H and O–H groups in total. The molecule has 116 valence electrons. The van der Waals surface area contributed by atoms with E-state index in [4.69, 9.17) is 10.5 Å². The van der Waals surface area contributed by atoms with E-state index >= 15 is 0 Å². The van der Waals surface area contributed by atoms with Crippen molar-refractivity contribution in [1.29, 1.82) is 0 Å². The Labute approximate surface area is 131 Å². The van der Waals surface area contributed by atoms with E-state index in [1.165, 1.54) is 13.2 Å². The number of rotatable bonds is 3. The molecule has 0 spiro atoms. The summed E-state index contributed by atoms with van der Waals surface area (Å²) < 4.78 is 36.8. The third kappa shape index (κ3) is 3.20. The molecule has 0 bridgehead atoms. The number of hydrogen-bond acceptors (Lipinski definition) is 6. The number of hydrogen-bond donors (Lipinski definition) is 1. The Bertz CT molecular complexity index is 649. The van der Waals surface area contributed by atoms with Crippen LogP contribution in [0.1, 0.15) is 0 Å². The molecule has 0 aliphatic carbocycles. The molecule has 2 rings (SSSR count). The van der Waals surface area contributed by atoms with Gasteiger partial charge < -0.3 is 15.2 Å². The summed E-state index contributed by atoms with van der Waals surface area (Å²) in [5.41, 5.74) is 5.97. The van der Waals surface area contributed by atoms with E-state index in [0.29, 0.717) is 10.2 Å². The Morgan fingerprint density at radius 1 is 1.52 bits per heavy atom. The number of anilines is 1. The van der Waals surface area contributed by atoms with E-state index < -0.39 is 22.0 Å². The van der Waals surface area contributed by atoms with Crippen molar-refractivity contribution >= 4 is 37.6 Å². The fourth-order valence-corrected chi connectivity index (χ4v) is 4.55. The van der Waals surface area contributed by atoms with Crippen LogP contribution in [-0.4, -0.2) is 51.6 Å². The third-order valence-electron chi connectivity index (χ3n) is 3.09. The second-order valence-corrected chi connectivity index (χ2v) is 7.13. The zero-order chi connectivity index (χ0) is 15.6. The summed E-state index contributed by atoms with van der Waals surface area (Å²) in [5.74, 6) is -0.654. The van der Waals surface area contributed by atoms with E-state index in [1.54, 1.807) is 12.1 Å². The largest absolute Gasteiger partial charge is 0.468 e. The minimum atomic E-state index is -3.89. The van der Waals surface area contributed by atoms with Crippen LogP contribution in [-0.2, 0) is 24.3 Å². The molecule has 1 atom stereocenters. The molecule has 1 fully saturated rings. The molecular weight excluding hydrogens is 364 g/mol. The molecule has 1 saturated heterocycles. The molecule has 0 aromatic heterocycles. The van der Waals surface area contributed by atoms with Crippen LogP contribution in [0.3, 0.4) is 0 Å². The van der Waals surface area contributed by atoms with Gasteiger partial charge in [0.25, 0.3) is 0 Å². The highest BCUT2D eigenvalue weighted by Crippen LogP contribution is 2.29. The number of carbonyl (C=O) groups is 1. The highest BCUT2D eigenvalue weighted by Gasteiger charge is 2.39. The molecule has 1 unspecified atom stereocenters. The Morgan fingerprint density at radius 3 is 2.90 bits per heavy atom. The van der Waals surface area contributed by atoms with Gasteiger partial charge in [-0.1, -0.05) is 0 Å². The molecule has 1 aliphatic heterocycles. The first kappa shape index (κ1) is 16.2. The van der Waals surface area contributed by atoms with E-state index in [9.17, 15) is 13.2 Å². The summed E-state index contributed by atoms with van der Waals surface area (Å²) >= 11 is 3.20. The van der Waals surface area contributed by atoms with Crippen molar-refractivity contribution in [3.8, 4) is 0 Å². The maximum atomic E-state index is 12.8. The number of carbonyl (C=O) groups excluding carboxylic acids is 1. The zero-order valence-electron chi connectivity index (χ0n) is 11.3. The van der Waals surface area contributed by atoms with Crippen LogP contribution < -0.4 is 5.73 Å². The predicted octanol–water partition coefficient (Wildman–Crippen LogP) is 0.594. The van der Waals surface area contributed by atoms with Crippen molar-refractivity contribution in [1.82, 2.24) is 4.31 Å². The maximum absolute atomic E-state index is 12.8. The van der Waals surface area contributed by atoms with Crippen molar-refractivity contribution in [3.63, 3.8) is 0 Å². The Balaban J connectivity index is 2.45. The summed E-state index contributed by atoms with van der Waals surface area (Å²) in [4.78, 5) is 11.8. The monoisotopic (exact) mass is 378 g/mol. The number of nitrogen functional groups attached to an aromatic ring is 1. The summed E-state index contributed by atoms with van der Waals surface area (Å²) in [6.45, 7) is 0.252. The molecule has 1 heterocycles. The topological polar surface area (TPSA) is 98.9 Å². The van der Waals surface area contributed by atoms with Crippen LogP contribution in [0.25, 0.3) is 0 Å². The molecule has 9 heteroatoms. The first-order valence-corrected chi connectivity index (χ1v) is 8.33. The number of nitrogens with zero attached hydrogens (tertiary/aromatic N) is 1. The number of methoxy groups -OCH3 is 1. The number of benzene rings is 1. The lowest BCUT2D eigenvalue weighted by Crippen LogP contribution is -2.52. The van der Waals surface area contributed by atoms with Gasteiger partial charge >= 0.3 is 5.97 Å². The van der Waals surface area contributed by atoms with Crippen LogP contribution >= 0.6 is 15.9 Å². The Morgan fingerprint density at radius 2 is 2.24 bits per heavy atom. The molecular formula is C12H15BrN2O5S. The lowest BCUT2D eigenvalue weighted by Gasteiger charge is -2.32. The first-order chi connectivity index (χ1) is 9.87. The number of ether oxygens (including phenoxy) is 2. The number of nitrogens with two attached hydrogens (primary N) is 1. The van der Waals surface area contributed by atoms with Gasteiger partial charge in [-0.3, -0.25) is 4.79 Å². The van der Waals surface area contributed by atoms with Crippen LogP contribution in [0, 0.1) is 0 Å². The van der Waals surface area contributed by atoms with Gasteiger partial charge in [-0.25, -0.2) is 8.42 Å². The van der Waals surface area contributed by atoms with Gasteiger partial charge in [-0.2, -0.15) is 4.31 Å². The number of esters is 1. The van der Waals surface area contributed by atoms with Gasteiger partial charge in [0.05, 0.1) is 25.2 Å². The van der Waals surface area contributed by atoms with Gasteiger partial charge in [-0.15, -0.1) is 0 Å². The molecule has 0 amide bonds. The average Bonchev–Trinajstić information content (AvgIpc) is 2.48. The minimum Gasteiger partial charge on any atom is -0.468 e.